The minimum absolute atomic E-state index is 0.0554. The fourth-order valence-electron chi connectivity index (χ4n) is 4.37. The topological polar surface area (TPSA) is 107 Å². The normalized spacial score (nSPS) is 16.0. The van der Waals surface area contributed by atoms with Crippen LogP contribution < -0.4 is 18.9 Å². The van der Waals surface area contributed by atoms with Crippen molar-refractivity contribution in [1.82, 2.24) is 0 Å². The number of carbonyl (C=O) groups excluding carboxylic acids is 1. The third-order valence-corrected chi connectivity index (χ3v) is 7.64. The molecule has 0 radical (unpaired) electrons. The highest BCUT2D eigenvalue weighted by Crippen LogP contribution is 2.43. The minimum Gasteiger partial charge on any atom is -0.493 e. The van der Waals surface area contributed by atoms with Crippen molar-refractivity contribution in [3.8, 4) is 23.0 Å². The van der Waals surface area contributed by atoms with Gasteiger partial charge in [0.2, 0.25) is 5.75 Å². The molecule has 3 aromatic carbocycles. The Labute approximate surface area is 228 Å². The fraction of sp³-hybridized carbons (Fsp3) is 0.345. The summed E-state index contributed by atoms with van der Waals surface area (Å²) in [6.07, 6.45) is -0.604. The van der Waals surface area contributed by atoms with E-state index in [1.165, 1.54) is 33.5 Å². The third kappa shape index (κ3) is 6.29. The summed E-state index contributed by atoms with van der Waals surface area (Å²) < 4.78 is 59.5. The lowest BCUT2D eigenvalue weighted by Gasteiger charge is -2.37. The highest BCUT2D eigenvalue weighted by Gasteiger charge is 2.38. The molecule has 4 rings (SSSR count). The maximum absolute atomic E-state index is 13.1. The fourth-order valence-corrected chi connectivity index (χ4v) is 5.42. The van der Waals surface area contributed by atoms with Crippen molar-refractivity contribution in [3.63, 3.8) is 0 Å². The van der Waals surface area contributed by atoms with Crippen molar-refractivity contribution < 1.29 is 41.1 Å². The summed E-state index contributed by atoms with van der Waals surface area (Å²) in [6.45, 7) is 5.52. The van der Waals surface area contributed by atoms with Crippen LogP contribution in [0.1, 0.15) is 53.4 Å². The Morgan fingerprint density at radius 3 is 2.18 bits per heavy atom. The maximum Gasteiger partial charge on any atom is 0.338 e. The lowest BCUT2D eigenvalue weighted by Crippen LogP contribution is -2.36. The van der Waals surface area contributed by atoms with E-state index in [1.54, 1.807) is 42.5 Å². The Hall–Kier alpha value is -3.76. The zero-order valence-electron chi connectivity index (χ0n) is 22.8. The molecule has 10 heteroatoms. The second-order valence-electron chi connectivity index (χ2n) is 9.78. The van der Waals surface area contributed by atoms with E-state index in [1.807, 2.05) is 20.8 Å². The van der Waals surface area contributed by atoms with Gasteiger partial charge in [0, 0.05) is 12.0 Å². The number of esters is 1. The van der Waals surface area contributed by atoms with Crippen LogP contribution in [-0.4, -0.2) is 41.3 Å². The van der Waals surface area contributed by atoms with Crippen LogP contribution in [0.15, 0.2) is 59.5 Å². The van der Waals surface area contributed by atoms with Gasteiger partial charge in [0.25, 0.3) is 10.1 Å². The molecule has 1 aliphatic rings. The van der Waals surface area contributed by atoms with E-state index in [0.29, 0.717) is 34.1 Å². The van der Waals surface area contributed by atoms with E-state index < -0.39 is 27.8 Å². The number of ether oxygens (including phenoxy) is 5. The second kappa shape index (κ2) is 11.2. The quantitative estimate of drug-likeness (QED) is 0.253. The Morgan fingerprint density at radius 2 is 1.59 bits per heavy atom. The minimum atomic E-state index is -4.07. The van der Waals surface area contributed by atoms with E-state index in [9.17, 15) is 13.2 Å². The summed E-state index contributed by atoms with van der Waals surface area (Å²) in [7, 11) is 0.432. The van der Waals surface area contributed by atoms with Crippen molar-refractivity contribution in [1.29, 1.82) is 0 Å². The first-order chi connectivity index (χ1) is 18.5. The molecule has 0 saturated heterocycles. The molecular formula is C29H32O9S. The van der Waals surface area contributed by atoms with Gasteiger partial charge in [0.1, 0.15) is 24.1 Å². The number of benzene rings is 3. The molecule has 3 aromatic rings. The van der Waals surface area contributed by atoms with Crippen LogP contribution in [0.25, 0.3) is 0 Å². The lowest BCUT2D eigenvalue weighted by atomic mass is 9.91. The number of hydrogen-bond donors (Lipinski definition) is 0. The van der Waals surface area contributed by atoms with Gasteiger partial charge in [-0.2, -0.15) is 8.42 Å². The van der Waals surface area contributed by atoms with E-state index >= 15 is 0 Å². The van der Waals surface area contributed by atoms with Crippen LogP contribution in [0.2, 0.25) is 0 Å². The molecule has 0 amide bonds. The van der Waals surface area contributed by atoms with Crippen LogP contribution in [0.5, 0.6) is 23.0 Å². The van der Waals surface area contributed by atoms with Crippen molar-refractivity contribution in [2.45, 2.75) is 50.4 Å². The molecule has 0 aliphatic carbocycles. The number of carbonyl (C=O) groups is 1. The number of hydrogen-bond acceptors (Lipinski definition) is 9. The average Bonchev–Trinajstić information content (AvgIpc) is 2.90. The maximum atomic E-state index is 13.1. The molecule has 208 valence electrons. The van der Waals surface area contributed by atoms with E-state index in [-0.39, 0.29) is 23.5 Å². The molecule has 0 fully saturated rings. The van der Waals surface area contributed by atoms with Gasteiger partial charge in [-0.15, -0.1) is 0 Å². The van der Waals surface area contributed by atoms with Gasteiger partial charge < -0.3 is 23.7 Å². The third-order valence-electron chi connectivity index (χ3n) is 6.30. The summed E-state index contributed by atoms with van der Waals surface area (Å²) in [5.41, 5.74) is 1.56. The first-order valence-electron chi connectivity index (χ1n) is 12.3. The van der Waals surface area contributed by atoms with Crippen LogP contribution in [0.4, 0.5) is 0 Å². The Bertz CT molecular complexity index is 1440. The molecule has 39 heavy (non-hydrogen) atoms. The number of aryl methyl sites for hydroxylation is 1. The SMILES string of the molecule is COc1cc(COC(=O)c2ccc3c(c2)C(OS(=O)(=O)c2ccc(C)cc2)CC(C)(C)O3)cc(OC)c1OC. The summed E-state index contributed by atoms with van der Waals surface area (Å²) >= 11 is 0. The predicted molar refractivity (Wildman–Crippen MR) is 143 cm³/mol. The van der Waals surface area contributed by atoms with Crippen LogP contribution in [-0.2, 0) is 25.6 Å². The van der Waals surface area contributed by atoms with Gasteiger partial charge >= 0.3 is 5.97 Å². The highest BCUT2D eigenvalue weighted by molar-refractivity contribution is 7.86. The predicted octanol–water partition coefficient (Wildman–Crippen LogP) is 5.39. The number of fused-ring (bicyclic) bond motifs is 1. The van der Waals surface area contributed by atoms with Crippen molar-refractivity contribution >= 4 is 16.1 Å². The molecule has 0 N–H and O–H groups in total. The van der Waals surface area contributed by atoms with E-state index in [2.05, 4.69) is 0 Å². The van der Waals surface area contributed by atoms with Crippen molar-refractivity contribution in [3.05, 3.63) is 76.9 Å². The monoisotopic (exact) mass is 556 g/mol. The molecule has 9 nitrogen and oxygen atoms in total. The standard InChI is InChI=1S/C29H32O9S/c1-18-7-10-21(11-8-18)39(31,32)38-26-16-29(2,3)37-23-12-9-20(15-22(23)26)28(30)36-17-19-13-24(33-4)27(35-6)25(14-19)34-5/h7-15,26H,16-17H2,1-6H3. The zero-order valence-corrected chi connectivity index (χ0v) is 23.6. The van der Waals surface area contributed by atoms with Crippen molar-refractivity contribution in [2.24, 2.45) is 0 Å². The number of methoxy groups -OCH3 is 3. The van der Waals surface area contributed by atoms with E-state index in [4.69, 9.17) is 27.9 Å². The van der Waals surface area contributed by atoms with Gasteiger partial charge in [0.15, 0.2) is 11.5 Å². The van der Waals surface area contributed by atoms with Gasteiger partial charge in [-0.05, 0) is 68.8 Å². The summed E-state index contributed by atoms with van der Waals surface area (Å²) in [5.74, 6) is 1.14. The molecular weight excluding hydrogens is 524 g/mol. The Kier molecular flexibility index (Phi) is 8.08. The van der Waals surface area contributed by atoms with E-state index in [0.717, 1.165) is 5.56 Å². The first kappa shape index (κ1) is 28.3. The molecule has 0 aromatic heterocycles. The smallest absolute Gasteiger partial charge is 0.338 e. The van der Waals surface area contributed by atoms with Crippen LogP contribution in [0, 0.1) is 6.92 Å². The Balaban J connectivity index is 1.57. The molecule has 1 atom stereocenters. The summed E-state index contributed by atoms with van der Waals surface area (Å²) in [4.78, 5) is 13.1. The summed E-state index contributed by atoms with van der Waals surface area (Å²) in [6, 6.07) is 14.6. The largest absolute Gasteiger partial charge is 0.493 e. The van der Waals surface area contributed by atoms with Gasteiger partial charge in [-0.25, -0.2) is 4.79 Å². The molecule has 0 saturated carbocycles. The molecule has 1 aliphatic heterocycles. The van der Waals surface area contributed by atoms with Crippen LogP contribution in [0.3, 0.4) is 0 Å². The van der Waals surface area contributed by atoms with Gasteiger partial charge in [0.05, 0.1) is 31.8 Å². The molecule has 1 unspecified atom stereocenters. The summed E-state index contributed by atoms with van der Waals surface area (Å²) in [5, 5.41) is 0. The zero-order chi connectivity index (χ0) is 28.4. The molecule has 1 heterocycles. The van der Waals surface area contributed by atoms with Crippen molar-refractivity contribution in [2.75, 3.05) is 21.3 Å². The second-order valence-corrected chi connectivity index (χ2v) is 11.4. The van der Waals surface area contributed by atoms with Gasteiger partial charge in [-0.1, -0.05) is 17.7 Å². The average molecular weight is 557 g/mol. The molecule has 0 bridgehead atoms. The molecule has 0 spiro atoms. The van der Waals surface area contributed by atoms with Crippen LogP contribution >= 0.6 is 0 Å². The lowest BCUT2D eigenvalue weighted by molar-refractivity contribution is 0.0244. The van der Waals surface area contributed by atoms with Gasteiger partial charge in [-0.3, -0.25) is 4.18 Å². The highest BCUT2D eigenvalue weighted by atomic mass is 32.2. The first-order valence-corrected chi connectivity index (χ1v) is 13.7. The Morgan fingerprint density at radius 1 is 0.949 bits per heavy atom. The number of rotatable bonds is 9.